The molecule has 1 aliphatic heterocycles. The topological polar surface area (TPSA) is 65.8 Å². The van der Waals surface area contributed by atoms with Gasteiger partial charge in [-0.1, -0.05) is 13.8 Å². The van der Waals surface area contributed by atoms with Crippen LogP contribution in [0.5, 0.6) is 0 Å². The van der Waals surface area contributed by atoms with E-state index >= 15 is 0 Å². The number of carbonyl (C=O) groups excluding carboxylic acids is 1. The minimum Gasteiger partial charge on any atom is -0.357 e. The van der Waals surface area contributed by atoms with Crippen LogP contribution in [0.4, 0.5) is 0 Å². The number of aliphatic imine (C=N–C) groups is 1. The van der Waals surface area contributed by atoms with Gasteiger partial charge < -0.3 is 15.1 Å². The summed E-state index contributed by atoms with van der Waals surface area (Å²) in [5, 5.41) is 7.94. The molecule has 1 N–H and O–H groups in total. The largest absolute Gasteiger partial charge is 0.357 e. The molecule has 7 nitrogen and oxygen atoms in total. The Morgan fingerprint density at radius 2 is 2.18 bits per heavy atom. The highest BCUT2D eigenvalue weighted by molar-refractivity contribution is 5.81. The fourth-order valence-electron chi connectivity index (χ4n) is 3.83. The second-order valence-electron chi connectivity index (χ2n) is 8.14. The highest BCUT2D eigenvalue weighted by atomic mass is 16.2. The number of rotatable bonds is 7. The lowest BCUT2D eigenvalue weighted by atomic mass is 10.0. The van der Waals surface area contributed by atoms with Crippen molar-refractivity contribution < 1.29 is 4.79 Å². The Bertz CT molecular complexity index is 666. The van der Waals surface area contributed by atoms with Gasteiger partial charge in [-0.25, -0.2) is 0 Å². The van der Waals surface area contributed by atoms with Crippen molar-refractivity contribution in [3.05, 3.63) is 17.5 Å². The number of likely N-dealkylation sites (tertiary alicyclic amines) is 1. The highest BCUT2D eigenvalue weighted by Gasteiger charge is 2.22. The van der Waals surface area contributed by atoms with E-state index in [4.69, 9.17) is 4.99 Å². The van der Waals surface area contributed by atoms with Gasteiger partial charge in [-0.15, -0.1) is 0 Å². The Balaban J connectivity index is 1.98. The first-order valence-corrected chi connectivity index (χ1v) is 10.6. The second-order valence-corrected chi connectivity index (χ2v) is 8.14. The van der Waals surface area contributed by atoms with Gasteiger partial charge in [0.1, 0.15) is 0 Å². The predicted molar refractivity (Wildman–Crippen MR) is 114 cm³/mol. The number of carbonyl (C=O) groups is 1. The minimum atomic E-state index is 0.226. The average molecular weight is 391 g/mol. The number of aryl methyl sites for hydroxylation is 1. The lowest BCUT2D eigenvalue weighted by Crippen LogP contribution is -2.42. The van der Waals surface area contributed by atoms with Gasteiger partial charge in [0, 0.05) is 58.0 Å². The molecule has 2 heterocycles. The van der Waals surface area contributed by atoms with E-state index in [9.17, 15) is 4.79 Å². The van der Waals surface area contributed by atoms with Gasteiger partial charge >= 0.3 is 0 Å². The van der Waals surface area contributed by atoms with Gasteiger partial charge in [-0.3, -0.25) is 14.5 Å². The van der Waals surface area contributed by atoms with Crippen LogP contribution in [-0.2, 0) is 18.4 Å². The van der Waals surface area contributed by atoms with E-state index in [1.807, 2.05) is 23.7 Å². The number of guanidine groups is 1. The summed E-state index contributed by atoms with van der Waals surface area (Å²) in [7, 11) is 4.00. The molecule has 2 rings (SSSR count). The van der Waals surface area contributed by atoms with Gasteiger partial charge in [-0.05, 0) is 39.0 Å². The van der Waals surface area contributed by atoms with Gasteiger partial charge in [0.2, 0.25) is 5.91 Å². The Kier molecular flexibility index (Phi) is 8.33. The summed E-state index contributed by atoms with van der Waals surface area (Å²) in [6, 6.07) is 0.362. The smallest absolute Gasteiger partial charge is 0.224 e. The molecule has 1 amide bonds. The molecule has 7 heteroatoms. The van der Waals surface area contributed by atoms with E-state index in [2.05, 4.69) is 49.2 Å². The van der Waals surface area contributed by atoms with E-state index in [1.54, 1.807) is 0 Å². The fraction of sp³-hybridized carbons (Fsp3) is 0.762. The van der Waals surface area contributed by atoms with Crippen LogP contribution in [0.2, 0.25) is 0 Å². The summed E-state index contributed by atoms with van der Waals surface area (Å²) in [4.78, 5) is 21.4. The Hall–Kier alpha value is -2.05. The third kappa shape index (κ3) is 5.97. The van der Waals surface area contributed by atoms with Gasteiger partial charge in [0.25, 0.3) is 0 Å². The second kappa shape index (κ2) is 10.5. The number of hydrogen-bond donors (Lipinski definition) is 1. The molecule has 1 unspecified atom stereocenters. The molecule has 1 saturated heterocycles. The van der Waals surface area contributed by atoms with Crippen molar-refractivity contribution >= 4 is 11.9 Å². The van der Waals surface area contributed by atoms with E-state index < -0.39 is 0 Å². The van der Waals surface area contributed by atoms with Crippen LogP contribution < -0.4 is 5.32 Å². The first-order chi connectivity index (χ1) is 13.3. The van der Waals surface area contributed by atoms with Crippen molar-refractivity contribution in [2.75, 3.05) is 26.7 Å². The quantitative estimate of drug-likeness (QED) is 0.574. The molecular formula is C21H38N6O. The van der Waals surface area contributed by atoms with Crippen molar-refractivity contribution in [3.8, 4) is 0 Å². The Morgan fingerprint density at radius 3 is 2.82 bits per heavy atom. The van der Waals surface area contributed by atoms with Crippen LogP contribution in [-0.4, -0.2) is 64.2 Å². The maximum absolute atomic E-state index is 12.5. The van der Waals surface area contributed by atoms with Crippen molar-refractivity contribution in [1.29, 1.82) is 0 Å². The Morgan fingerprint density at radius 1 is 1.43 bits per heavy atom. The van der Waals surface area contributed by atoms with Crippen LogP contribution in [0.3, 0.4) is 0 Å². The Labute approximate surface area is 170 Å². The molecule has 1 aromatic heterocycles. The number of nitrogens with one attached hydrogen (secondary N) is 1. The number of piperidine rings is 1. The van der Waals surface area contributed by atoms with Crippen LogP contribution >= 0.6 is 0 Å². The third-order valence-electron chi connectivity index (χ3n) is 5.30. The number of nitrogens with zero attached hydrogens (tertiary/aromatic N) is 5. The van der Waals surface area contributed by atoms with Gasteiger partial charge in [0.05, 0.1) is 12.2 Å². The SMILES string of the molecule is CCNC(=NCCC(=O)N1CCCCC1C)N(C)Cc1cn(C)nc1C(C)C. The van der Waals surface area contributed by atoms with Gasteiger partial charge in [-0.2, -0.15) is 5.10 Å². The third-order valence-corrected chi connectivity index (χ3v) is 5.30. The molecule has 1 fully saturated rings. The molecule has 1 atom stereocenters. The van der Waals surface area contributed by atoms with Crippen molar-refractivity contribution in [1.82, 2.24) is 24.9 Å². The van der Waals surface area contributed by atoms with Crippen molar-refractivity contribution in [2.24, 2.45) is 12.0 Å². The molecule has 1 aliphatic rings. The molecule has 0 radical (unpaired) electrons. The first-order valence-electron chi connectivity index (χ1n) is 10.6. The molecule has 0 aliphatic carbocycles. The molecule has 0 aromatic carbocycles. The summed E-state index contributed by atoms with van der Waals surface area (Å²) in [6.45, 7) is 11.5. The summed E-state index contributed by atoms with van der Waals surface area (Å²) >= 11 is 0. The number of hydrogen-bond acceptors (Lipinski definition) is 3. The molecule has 0 bridgehead atoms. The van der Waals surface area contributed by atoms with Crippen molar-refractivity contribution in [3.63, 3.8) is 0 Å². The normalized spacial score (nSPS) is 17.9. The van der Waals surface area contributed by atoms with Crippen LogP contribution in [0.1, 0.15) is 70.6 Å². The number of amides is 1. The predicted octanol–water partition coefficient (Wildman–Crippen LogP) is 2.73. The van der Waals surface area contributed by atoms with Crippen LogP contribution in [0.15, 0.2) is 11.2 Å². The summed E-state index contributed by atoms with van der Waals surface area (Å²) in [6.07, 6.45) is 6.01. The maximum atomic E-state index is 12.5. The van der Waals surface area contributed by atoms with Crippen LogP contribution in [0, 0.1) is 0 Å². The zero-order valence-electron chi connectivity index (χ0n) is 18.5. The average Bonchev–Trinajstić information content (AvgIpc) is 3.01. The molecule has 1 aromatic rings. The number of aromatic nitrogens is 2. The zero-order valence-corrected chi connectivity index (χ0v) is 18.5. The summed E-state index contributed by atoms with van der Waals surface area (Å²) in [5.41, 5.74) is 2.34. The molecule has 0 spiro atoms. The molecule has 158 valence electrons. The lowest BCUT2D eigenvalue weighted by molar-refractivity contribution is -0.134. The van der Waals surface area contributed by atoms with Crippen molar-refractivity contribution in [2.45, 2.75) is 71.9 Å². The van der Waals surface area contributed by atoms with E-state index in [0.29, 0.717) is 24.9 Å². The fourth-order valence-corrected chi connectivity index (χ4v) is 3.83. The maximum Gasteiger partial charge on any atom is 0.224 e. The first kappa shape index (κ1) is 22.2. The summed E-state index contributed by atoms with van der Waals surface area (Å²) < 4.78 is 1.88. The van der Waals surface area contributed by atoms with Gasteiger partial charge in [0.15, 0.2) is 5.96 Å². The van der Waals surface area contributed by atoms with E-state index in [0.717, 1.165) is 44.1 Å². The lowest BCUT2D eigenvalue weighted by Gasteiger charge is -2.33. The summed E-state index contributed by atoms with van der Waals surface area (Å²) in [5.74, 6) is 1.44. The van der Waals surface area contributed by atoms with E-state index in [1.165, 1.54) is 12.0 Å². The minimum absolute atomic E-state index is 0.226. The monoisotopic (exact) mass is 390 g/mol. The highest BCUT2D eigenvalue weighted by Crippen LogP contribution is 2.19. The zero-order chi connectivity index (χ0) is 20.7. The standard InChI is InChI=1S/C21H38N6O/c1-7-22-21(23-12-11-19(28)27-13-9-8-10-17(27)4)25(5)14-18-15-26(6)24-20(18)16(2)3/h15-17H,7-14H2,1-6H3,(H,22,23). The van der Waals surface area contributed by atoms with E-state index in [-0.39, 0.29) is 5.91 Å². The molecule has 0 saturated carbocycles. The van der Waals surface area contributed by atoms with Crippen LogP contribution in [0.25, 0.3) is 0 Å². The molecular weight excluding hydrogens is 352 g/mol. The molecule has 28 heavy (non-hydrogen) atoms.